The van der Waals surface area contributed by atoms with Crippen LogP contribution in [-0.4, -0.2) is 31.3 Å². The number of ether oxygens (including phenoxy) is 1. The molecule has 174 valence electrons. The molecular formula is C21H21Cl2N5O4S. The lowest BCUT2D eigenvalue weighted by molar-refractivity contribution is -0.384. The van der Waals surface area contributed by atoms with Crippen molar-refractivity contribution in [2.24, 2.45) is 0 Å². The van der Waals surface area contributed by atoms with Crippen molar-refractivity contribution in [3.05, 3.63) is 67.4 Å². The quantitative estimate of drug-likeness (QED) is 0.232. The maximum absolute atomic E-state index is 12.4. The smallest absolute Gasteiger partial charge is 0.271 e. The molecule has 0 saturated carbocycles. The lowest BCUT2D eigenvalue weighted by Crippen LogP contribution is -2.15. The van der Waals surface area contributed by atoms with Crippen molar-refractivity contribution in [2.45, 2.75) is 39.1 Å². The molecule has 0 unspecified atom stereocenters. The molecule has 0 atom stereocenters. The second-order valence-electron chi connectivity index (χ2n) is 7.06. The number of anilines is 1. The summed E-state index contributed by atoms with van der Waals surface area (Å²) in [6.07, 6.45) is 0. The Balaban J connectivity index is 1.63. The Hall–Kier alpha value is -2.82. The van der Waals surface area contributed by atoms with Gasteiger partial charge in [0.25, 0.3) is 5.69 Å². The van der Waals surface area contributed by atoms with Crippen molar-refractivity contribution in [1.82, 2.24) is 14.8 Å². The van der Waals surface area contributed by atoms with Gasteiger partial charge < -0.3 is 14.6 Å². The Morgan fingerprint density at radius 3 is 2.55 bits per heavy atom. The van der Waals surface area contributed by atoms with Gasteiger partial charge in [-0.2, -0.15) is 0 Å². The number of aryl methyl sites for hydroxylation is 2. The zero-order valence-electron chi connectivity index (χ0n) is 18.1. The van der Waals surface area contributed by atoms with Gasteiger partial charge in [-0.3, -0.25) is 14.9 Å². The van der Waals surface area contributed by atoms with Crippen molar-refractivity contribution >= 4 is 52.2 Å². The molecule has 0 radical (unpaired) electrons. The van der Waals surface area contributed by atoms with Gasteiger partial charge in [0.2, 0.25) is 5.91 Å². The molecule has 0 spiro atoms. The number of halogens is 2. The van der Waals surface area contributed by atoms with E-state index in [1.54, 1.807) is 0 Å². The highest BCUT2D eigenvalue weighted by molar-refractivity contribution is 7.99. The van der Waals surface area contributed by atoms with Gasteiger partial charge in [0.1, 0.15) is 12.4 Å². The Morgan fingerprint density at radius 2 is 1.91 bits per heavy atom. The summed E-state index contributed by atoms with van der Waals surface area (Å²) in [4.78, 5) is 22.8. The molecule has 0 aliphatic carbocycles. The number of carbonyl (C=O) groups excluding carboxylic acids is 1. The van der Waals surface area contributed by atoms with Crippen molar-refractivity contribution < 1.29 is 14.5 Å². The number of hydrogen-bond donors (Lipinski definition) is 1. The third-order valence-corrected chi connectivity index (χ3v) is 6.55. The summed E-state index contributed by atoms with van der Waals surface area (Å²) >= 11 is 13.4. The number of nitro groups is 1. The van der Waals surface area contributed by atoms with Crippen LogP contribution in [0, 0.1) is 24.0 Å². The van der Waals surface area contributed by atoms with Crippen LogP contribution in [0.15, 0.2) is 35.5 Å². The normalized spacial score (nSPS) is 10.8. The Morgan fingerprint density at radius 1 is 1.21 bits per heavy atom. The highest BCUT2D eigenvalue weighted by atomic mass is 35.5. The lowest BCUT2D eigenvalue weighted by atomic mass is 10.1. The number of carbonyl (C=O) groups is 1. The molecule has 3 aromatic rings. The summed E-state index contributed by atoms with van der Waals surface area (Å²) in [7, 11) is 0. The lowest BCUT2D eigenvalue weighted by Gasteiger charge is -2.11. The fourth-order valence-electron chi connectivity index (χ4n) is 3.03. The molecule has 0 aliphatic heterocycles. The van der Waals surface area contributed by atoms with E-state index >= 15 is 0 Å². The first-order chi connectivity index (χ1) is 15.7. The first kappa shape index (κ1) is 24.8. The minimum atomic E-state index is -0.555. The summed E-state index contributed by atoms with van der Waals surface area (Å²) in [5.41, 5.74) is 1.87. The summed E-state index contributed by atoms with van der Waals surface area (Å²) in [5, 5.41) is 23.4. The van der Waals surface area contributed by atoms with E-state index in [4.69, 9.17) is 27.9 Å². The van der Waals surface area contributed by atoms with Crippen molar-refractivity contribution in [2.75, 3.05) is 11.1 Å². The molecule has 12 heteroatoms. The zero-order valence-corrected chi connectivity index (χ0v) is 20.4. The molecule has 3 rings (SSSR count). The van der Waals surface area contributed by atoms with E-state index in [0.717, 1.165) is 11.1 Å². The van der Waals surface area contributed by atoms with Crippen LogP contribution in [0.25, 0.3) is 0 Å². The third-order valence-electron chi connectivity index (χ3n) is 4.65. The molecule has 1 heterocycles. The number of nitro benzene ring substituents is 1. The van der Waals surface area contributed by atoms with Gasteiger partial charge in [-0.1, -0.05) is 35.0 Å². The molecule has 33 heavy (non-hydrogen) atoms. The van der Waals surface area contributed by atoms with Crippen LogP contribution in [0.3, 0.4) is 0 Å². The minimum Gasteiger partial charge on any atom is -0.486 e. The van der Waals surface area contributed by atoms with Gasteiger partial charge in [0.05, 0.1) is 21.4 Å². The molecule has 0 saturated heterocycles. The molecule has 2 aromatic carbocycles. The monoisotopic (exact) mass is 509 g/mol. The summed E-state index contributed by atoms with van der Waals surface area (Å²) < 4.78 is 7.73. The number of benzene rings is 2. The van der Waals surface area contributed by atoms with Crippen LogP contribution in [0.4, 0.5) is 11.4 Å². The predicted octanol–water partition coefficient (Wildman–Crippen LogP) is 5.44. The number of amides is 1. The second kappa shape index (κ2) is 10.9. The summed E-state index contributed by atoms with van der Waals surface area (Å²) in [6, 6.07) is 7.58. The fourth-order valence-corrected chi connectivity index (χ4v) is 4.12. The van der Waals surface area contributed by atoms with E-state index in [2.05, 4.69) is 15.5 Å². The standard InChI is InChI=1S/C21H21Cl2N5O4S/c1-4-27-18(10-32-15-7-12(2)20(23)13(3)8-15)25-26-21(27)33-11-19(29)24-17-9-14(28(30)31)5-6-16(17)22/h5-9H,4,10-11H2,1-3H3,(H,24,29). The molecule has 1 amide bonds. The second-order valence-corrected chi connectivity index (χ2v) is 8.79. The SMILES string of the molecule is CCn1c(COc2cc(C)c(Cl)c(C)c2)nnc1SCC(=O)Nc1cc([N+](=O)[O-])ccc1Cl. The molecule has 0 aliphatic rings. The van der Waals surface area contributed by atoms with Gasteiger partial charge in [-0.15, -0.1) is 10.2 Å². The van der Waals surface area contributed by atoms with Crippen LogP contribution < -0.4 is 10.1 Å². The van der Waals surface area contributed by atoms with Gasteiger partial charge >= 0.3 is 0 Å². The number of nitrogens with zero attached hydrogens (tertiary/aromatic N) is 4. The largest absolute Gasteiger partial charge is 0.486 e. The predicted molar refractivity (Wildman–Crippen MR) is 128 cm³/mol. The van der Waals surface area contributed by atoms with Gasteiger partial charge in [-0.05, 0) is 50.1 Å². The fraction of sp³-hybridized carbons (Fsp3) is 0.286. The Kier molecular flexibility index (Phi) is 8.17. The van der Waals surface area contributed by atoms with Crippen LogP contribution in [-0.2, 0) is 17.9 Å². The molecule has 0 bridgehead atoms. The number of thioether (sulfide) groups is 1. The minimum absolute atomic E-state index is 0.0214. The van der Waals surface area contributed by atoms with Gasteiger partial charge in [0, 0.05) is 23.7 Å². The summed E-state index contributed by atoms with van der Waals surface area (Å²) in [5.74, 6) is 0.945. The average molecular weight is 510 g/mol. The van der Waals surface area contributed by atoms with E-state index in [9.17, 15) is 14.9 Å². The van der Waals surface area contributed by atoms with Crippen LogP contribution in [0.5, 0.6) is 5.75 Å². The molecule has 1 aromatic heterocycles. The number of nitrogens with one attached hydrogen (secondary N) is 1. The first-order valence-corrected chi connectivity index (χ1v) is 11.6. The number of rotatable bonds is 9. The zero-order chi connectivity index (χ0) is 24.1. The number of hydrogen-bond acceptors (Lipinski definition) is 7. The maximum Gasteiger partial charge on any atom is 0.271 e. The van der Waals surface area contributed by atoms with E-state index < -0.39 is 4.92 Å². The first-order valence-electron chi connectivity index (χ1n) is 9.87. The Labute approximate surface area is 204 Å². The van der Waals surface area contributed by atoms with E-state index in [1.165, 1.54) is 30.0 Å². The van der Waals surface area contributed by atoms with Crippen molar-refractivity contribution in [3.8, 4) is 5.75 Å². The summed E-state index contributed by atoms with van der Waals surface area (Å²) in [6.45, 7) is 6.56. The highest BCUT2D eigenvalue weighted by Crippen LogP contribution is 2.28. The highest BCUT2D eigenvalue weighted by Gasteiger charge is 2.16. The van der Waals surface area contributed by atoms with Gasteiger partial charge in [0.15, 0.2) is 11.0 Å². The molecule has 1 N–H and O–H groups in total. The topological polar surface area (TPSA) is 112 Å². The van der Waals surface area contributed by atoms with E-state index in [-0.39, 0.29) is 34.7 Å². The van der Waals surface area contributed by atoms with Crippen molar-refractivity contribution in [3.63, 3.8) is 0 Å². The maximum atomic E-state index is 12.4. The van der Waals surface area contributed by atoms with Crippen LogP contribution in [0.2, 0.25) is 10.0 Å². The Bertz CT molecular complexity index is 1180. The van der Waals surface area contributed by atoms with Crippen LogP contribution >= 0.6 is 35.0 Å². The number of aromatic nitrogens is 3. The molecule has 0 fully saturated rings. The van der Waals surface area contributed by atoms with Crippen molar-refractivity contribution in [1.29, 1.82) is 0 Å². The average Bonchev–Trinajstić information content (AvgIpc) is 3.17. The van der Waals surface area contributed by atoms with E-state index in [1.807, 2.05) is 37.5 Å². The van der Waals surface area contributed by atoms with E-state index in [0.29, 0.717) is 28.3 Å². The number of non-ortho nitro benzene ring substituents is 1. The van der Waals surface area contributed by atoms with Gasteiger partial charge in [-0.25, -0.2) is 0 Å². The molecule has 9 nitrogen and oxygen atoms in total. The van der Waals surface area contributed by atoms with Crippen LogP contribution in [0.1, 0.15) is 23.9 Å². The molecular weight excluding hydrogens is 489 g/mol. The third kappa shape index (κ3) is 6.16.